The smallest absolute Gasteiger partial charge is 0.374 e. The summed E-state index contributed by atoms with van der Waals surface area (Å²) in [6.07, 6.45) is 2.24. The molecule has 0 bridgehead atoms. The molecule has 0 N–H and O–H groups in total. The van der Waals surface area contributed by atoms with E-state index >= 15 is 0 Å². The lowest BCUT2D eigenvalue weighted by atomic mass is 9.95. The van der Waals surface area contributed by atoms with Crippen molar-refractivity contribution in [1.29, 1.82) is 0 Å². The van der Waals surface area contributed by atoms with Gasteiger partial charge in [0.25, 0.3) is 0 Å². The van der Waals surface area contributed by atoms with Crippen molar-refractivity contribution in [1.82, 2.24) is 0 Å². The summed E-state index contributed by atoms with van der Waals surface area (Å²) in [5, 5.41) is 2.37. The minimum absolute atomic E-state index is 0.770. The minimum atomic E-state index is 0.770. The molecule has 0 aliphatic carbocycles. The molecule has 2 rings (SSSR count). The first kappa shape index (κ1) is 16.4. The maximum Gasteiger partial charge on any atom is 0.374 e. The standard InChI is InChI=1S/C20H23BO/c1-11-8-18(15(5)14(4)13(11)3)10-19-9-12(2)20(22-21)17(7)16(19)6/h8-10H,3H2,1-2,4-7H3/b18-10+. The van der Waals surface area contributed by atoms with Crippen molar-refractivity contribution in [3.8, 4) is 5.75 Å². The summed E-state index contributed by atoms with van der Waals surface area (Å²) in [4.78, 5) is 0. The van der Waals surface area contributed by atoms with Crippen LogP contribution in [0.25, 0.3) is 12.7 Å². The van der Waals surface area contributed by atoms with Crippen molar-refractivity contribution in [3.05, 3.63) is 61.5 Å². The molecule has 0 atom stereocenters. The van der Waals surface area contributed by atoms with Crippen molar-refractivity contribution in [2.75, 3.05) is 0 Å². The molecule has 0 saturated heterocycles. The van der Waals surface area contributed by atoms with Gasteiger partial charge in [-0.25, -0.2) is 0 Å². The fourth-order valence-electron chi connectivity index (χ4n) is 2.91. The van der Waals surface area contributed by atoms with Crippen LogP contribution in [0.2, 0.25) is 0 Å². The van der Waals surface area contributed by atoms with Gasteiger partial charge in [0.1, 0.15) is 5.75 Å². The third kappa shape index (κ3) is 2.70. The molecule has 2 heteroatoms. The van der Waals surface area contributed by atoms with Crippen LogP contribution in [0.3, 0.4) is 0 Å². The maximum absolute atomic E-state index is 5.39. The van der Waals surface area contributed by atoms with E-state index < -0.39 is 0 Å². The maximum atomic E-state index is 5.39. The lowest BCUT2D eigenvalue weighted by molar-refractivity contribution is 0.603. The normalized spacial score (nSPS) is 11.8. The molecule has 112 valence electrons. The predicted octanol–water partition coefficient (Wildman–Crippen LogP) is 3.24. The molecule has 1 nitrogen and oxygen atoms in total. The Bertz CT molecular complexity index is 847. The molecule has 0 saturated carbocycles. The second kappa shape index (κ2) is 6.04. The Labute approximate surface area is 134 Å². The van der Waals surface area contributed by atoms with Gasteiger partial charge in [0, 0.05) is 0 Å². The summed E-state index contributed by atoms with van der Waals surface area (Å²) in [6, 6.07) is 4.34. The van der Waals surface area contributed by atoms with Crippen molar-refractivity contribution in [3.63, 3.8) is 0 Å². The first-order valence-corrected chi connectivity index (χ1v) is 7.53. The highest BCUT2D eigenvalue weighted by Gasteiger charge is 2.09. The molecule has 2 radical (unpaired) electrons. The van der Waals surface area contributed by atoms with Crippen LogP contribution >= 0.6 is 0 Å². The van der Waals surface area contributed by atoms with E-state index in [0.29, 0.717) is 0 Å². The van der Waals surface area contributed by atoms with E-state index in [1.165, 1.54) is 33.0 Å². The van der Waals surface area contributed by atoms with Gasteiger partial charge in [0.2, 0.25) is 0 Å². The average molecular weight is 290 g/mol. The van der Waals surface area contributed by atoms with E-state index in [0.717, 1.165) is 22.1 Å². The predicted molar refractivity (Wildman–Crippen MR) is 96.0 cm³/mol. The van der Waals surface area contributed by atoms with Gasteiger partial charge in [-0.1, -0.05) is 12.6 Å². The Hall–Kier alpha value is -1.96. The Balaban J connectivity index is 2.78. The molecule has 2 aromatic rings. The zero-order chi connectivity index (χ0) is 16.6. The molecule has 2 aromatic carbocycles. The Morgan fingerprint density at radius 1 is 0.864 bits per heavy atom. The monoisotopic (exact) mass is 290 g/mol. The van der Waals surface area contributed by atoms with Gasteiger partial charge in [-0.3, -0.25) is 0 Å². The van der Waals surface area contributed by atoms with Crippen LogP contribution in [0.1, 0.15) is 38.9 Å². The van der Waals surface area contributed by atoms with Crippen LogP contribution in [-0.4, -0.2) is 8.05 Å². The SMILES string of the molecule is [B]Oc1c(C)cc(/C=c2\cc(C)c(=C)c(C)c2C)c(C)c1C. The molecule has 0 aliphatic rings. The van der Waals surface area contributed by atoms with Gasteiger partial charge in [-0.15, -0.1) is 0 Å². The number of rotatable bonds is 2. The first-order chi connectivity index (χ1) is 10.3. The highest BCUT2D eigenvalue weighted by atomic mass is 16.4. The number of benzene rings is 2. The molecule has 0 amide bonds. The first-order valence-electron chi connectivity index (χ1n) is 7.53. The number of hydrogen-bond acceptors (Lipinski definition) is 1. The van der Waals surface area contributed by atoms with Gasteiger partial charge in [0.15, 0.2) is 0 Å². The highest BCUT2D eigenvalue weighted by molar-refractivity contribution is 6.00. The van der Waals surface area contributed by atoms with Crippen LogP contribution in [0.15, 0.2) is 12.1 Å². The molecule has 0 fully saturated rings. The second-order valence-electron chi connectivity index (χ2n) is 6.14. The molecular weight excluding hydrogens is 267 g/mol. The number of aryl methyl sites for hydroxylation is 2. The molecule has 0 spiro atoms. The third-order valence-electron chi connectivity index (χ3n) is 4.79. The fraction of sp³-hybridized carbons (Fsp3) is 0.300. The van der Waals surface area contributed by atoms with Gasteiger partial charge >= 0.3 is 8.05 Å². The molecule has 0 aliphatic heterocycles. The largest absolute Gasteiger partial charge is 0.567 e. The van der Waals surface area contributed by atoms with Crippen molar-refractivity contribution < 1.29 is 4.65 Å². The minimum Gasteiger partial charge on any atom is -0.567 e. The topological polar surface area (TPSA) is 9.23 Å². The van der Waals surface area contributed by atoms with E-state index in [2.05, 4.69) is 52.5 Å². The lowest BCUT2D eigenvalue weighted by Gasteiger charge is -2.15. The Morgan fingerprint density at radius 2 is 1.50 bits per heavy atom. The molecule has 22 heavy (non-hydrogen) atoms. The molecule has 0 unspecified atom stereocenters. The van der Waals surface area contributed by atoms with Crippen molar-refractivity contribution >= 4 is 20.7 Å². The fourth-order valence-corrected chi connectivity index (χ4v) is 2.91. The summed E-state index contributed by atoms with van der Waals surface area (Å²) in [5.41, 5.74) is 8.31. The highest BCUT2D eigenvalue weighted by Crippen LogP contribution is 2.28. The number of hydrogen-bond donors (Lipinski definition) is 0. The van der Waals surface area contributed by atoms with Gasteiger partial charge in [0.05, 0.1) is 0 Å². The van der Waals surface area contributed by atoms with Crippen LogP contribution < -0.4 is 15.1 Å². The van der Waals surface area contributed by atoms with E-state index in [4.69, 9.17) is 12.7 Å². The Kier molecular flexibility index (Phi) is 4.51. The average Bonchev–Trinajstić information content (AvgIpc) is 2.48. The summed E-state index contributed by atoms with van der Waals surface area (Å²) >= 11 is 0. The van der Waals surface area contributed by atoms with Crippen LogP contribution in [0.4, 0.5) is 0 Å². The summed E-state index contributed by atoms with van der Waals surface area (Å²) in [7, 11) is 5.39. The molecular formula is C20H23BO. The summed E-state index contributed by atoms with van der Waals surface area (Å²) in [6.45, 7) is 16.7. The van der Waals surface area contributed by atoms with Crippen LogP contribution in [-0.2, 0) is 0 Å². The van der Waals surface area contributed by atoms with Crippen molar-refractivity contribution in [2.24, 2.45) is 0 Å². The van der Waals surface area contributed by atoms with Crippen LogP contribution in [0.5, 0.6) is 5.75 Å². The second-order valence-corrected chi connectivity index (χ2v) is 6.14. The molecule has 0 aromatic heterocycles. The van der Waals surface area contributed by atoms with E-state index in [1.54, 1.807) is 0 Å². The van der Waals surface area contributed by atoms with Gasteiger partial charge in [-0.05, 0) is 103 Å². The third-order valence-corrected chi connectivity index (χ3v) is 4.79. The summed E-state index contributed by atoms with van der Waals surface area (Å²) in [5.74, 6) is 0.770. The van der Waals surface area contributed by atoms with E-state index in [-0.39, 0.29) is 0 Å². The van der Waals surface area contributed by atoms with Crippen molar-refractivity contribution in [2.45, 2.75) is 41.5 Å². The Morgan fingerprint density at radius 3 is 2.09 bits per heavy atom. The van der Waals surface area contributed by atoms with E-state index in [9.17, 15) is 0 Å². The lowest BCUT2D eigenvalue weighted by Crippen LogP contribution is -2.20. The summed E-state index contributed by atoms with van der Waals surface area (Å²) < 4.78 is 5.02. The quantitative estimate of drug-likeness (QED) is 0.772. The zero-order valence-corrected chi connectivity index (χ0v) is 14.4. The van der Waals surface area contributed by atoms with Gasteiger partial charge < -0.3 is 4.65 Å². The molecule has 0 heterocycles. The zero-order valence-electron chi connectivity index (χ0n) is 14.4. The van der Waals surface area contributed by atoms with E-state index in [1.807, 2.05) is 13.8 Å². The van der Waals surface area contributed by atoms with Gasteiger partial charge in [-0.2, -0.15) is 0 Å². The van der Waals surface area contributed by atoms with Crippen LogP contribution in [0, 0.1) is 41.5 Å².